The number of rotatable bonds is 32. The van der Waals surface area contributed by atoms with Crippen LogP contribution in [0.25, 0.3) is 85.4 Å². The molecule has 0 amide bonds. The van der Waals surface area contributed by atoms with E-state index >= 15 is 0 Å². The van der Waals surface area contributed by atoms with Gasteiger partial charge in [0.05, 0.1) is 173 Å². The Labute approximate surface area is 776 Å². The van der Waals surface area contributed by atoms with Gasteiger partial charge in [-0.25, -0.2) is 52.7 Å². The molecule has 3 aliphatic rings. The monoisotopic (exact) mass is 1870 g/mol. The van der Waals surface area contributed by atoms with Gasteiger partial charge in [0, 0.05) is 120 Å². The highest BCUT2D eigenvalue weighted by atomic mass is 32.2. The van der Waals surface area contributed by atoms with Gasteiger partial charge < -0.3 is 64.8 Å². The Morgan fingerprint density at radius 3 is 1.22 bits per heavy atom. The largest absolute Gasteiger partial charge is 0.496 e. The number of aliphatic hydroxyl groups excluding tert-OH is 1. The van der Waals surface area contributed by atoms with Crippen LogP contribution in [0.3, 0.4) is 0 Å². The van der Waals surface area contributed by atoms with Gasteiger partial charge in [0.2, 0.25) is 23.8 Å². The first-order valence-corrected chi connectivity index (χ1v) is 49.1. The molecular formula is C94H108FN23O8S5. The molecule has 19 rings (SSSR count). The number of nitrogens with one attached hydrogen (secondary N) is 4. The Bertz CT molecular complexity index is 6700. The van der Waals surface area contributed by atoms with Crippen molar-refractivity contribution in [3.8, 4) is 73.3 Å². The molecule has 4 aromatic carbocycles. The molecular weight excluding hydrogens is 1760 g/mol. The average Bonchev–Trinajstić information content (AvgIpc) is 1.64. The molecule has 37 heteroatoms. The van der Waals surface area contributed by atoms with Crippen LogP contribution in [0.15, 0.2) is 159 Å². The molecule has 0 spiro atoms. The lowest BCUT2D eigenvalue weighted by molar-refractivity contribution is 0.212. The van der Waals surface area contributed by atoms with Crippen LogP contribution in [0.5, 0.6) is 28.7 Å². The number of ether oxygens (including phenoxy) is 5. The van der Waals surface area contributed by atoms with Crippen LogP contribution < -0.4 is 45.0 Å². The Hall–Kier alpha value is -12.2. The second-order valence-electron chi connectivity index (χ2n) is 32.4. The summed E-state index contributed by atoms with van der Waals surface area (Å²) in [5, 5.41) is 39.9. The highest BCUT2D eigenvalue weighted by Crippen LogP contribution is 2.47. The number of para-hydroxylation sites is 2. The lowest BCUT2D eigenvalue weighted by Gasteiger charge is -2.28. The minimum Gasteiger partial charge on any atom is -0.496 e. The predicted octanol–water partition coefficient (Wildman–Crippen LogP) is 18.6. The molecule has 0 bridgehead atoms. The van der Waals surface area contributed by atoms with Gasteiger partial charge in [-0.05, 0) is 181 Å². The van der Waals surface area contributed by atoms with Crippen LogP contribution in [-0.2, 0) is 29.5 Å². The molecule has 3 saturated heterocycles. The van der Waals surface area contributed by atoms with E-state index in [1.54, 1.807) is 115 Å². The van der Waals surface area contributed by atoms with Gasteiger partial charge >= 0.3 is 0 Å². The molecule has 0 atom stereocenters. The minimum atomic E-state index is -3.01. The Morgan fingerprint density at radius 1 is 0.443 bits per heavy atom. The standard InChI is InChI=1S/C24H27FN6OS.C24H28N6OS.C23H26N6OS.C23H27N5O5S2/c1-16-22(19-7-6-17(25)12-20(19)32-2)23-21(33-16)14-26-24(29-23)28-18-13-27-31(15-18)11-5-10-30-8-3-4-9-30;1-17-22(19-8-3-4-9-20(19)31-2)23-21(32-17)15-25-24(28-23)27-18-14-26-30(16-18)13-7-12-29-10-5-6-11-29;1-15-21(18-6-4-5-7-19(18)30-3)22-20(31-15)13-24-23(27-22)26-16-12-25-29(14-16)17-8-10-28(2)11-9-17;1-15-21(18-6-5-17(11-19(18)32-2)33-9-4-10-35(3,30)31)22-20(34-15)13-24-23(27-22)26-16-12-25-28(14-16)7-8-29/h6-7,12-15H,3-5,8-11H2,1-2H3,(H,26,28,29);3-4,8-9,14-16H,5-7,10-13H2,1-2H3,(H,25,27,28);4-7,12-14,17H,8-11H2,1-3H3,(H,24,26,27);5-6,11-14,29H,4,7-10H2,1-3H3,(H,24,26,27). The zero-order valence-electron chi connectivity index (χ0n) is 75.1. The average molecular weight is 1870 g/mol. The molecule has 16 aromatic rings. The summed E-state index contributed by atoms with van der Waals surface area (Å²) in [6, 6.07) is 26.7. The van der Waals surface area contributed by atoms with Gasteiger partial charge in [-0.15, -0.1) is 45.3 Å². The fraction of sp³-hybridized carbons (Fsp3) is 0.362. The lowest BCUT2D eigenvalue weighted by atomic mass is 10.0. The number of halogens is 1. The number of hydrogen-bond donors (Lipinski definition) is 5. The number of methoxy groups -OCH3 is 4. The number of hydrogen-bond acceptors (Lipinski definition) is 31. The molecule has 684 valence electrons. The van der Waals surface area contributed by atoms with E-state index in [0.29, 0.717) is 66.7 Å². The summed E-state index contributed by atoms with van der Waals surface area (Å²) in [6.45, 7) is 20.2. The van der Waals surface area contributed by atoms with Crippen LogP contribution in [0.4, 0.5) is 50.9 Å². The van der Waals surface area contributed by atoms with Crippen LogP contribution >= 0.6 is 45.3 Å². The summed E-state index contributed by atoms with van der Waals surface area (Å²) < 4.78 is 76.1. The van der Waals surface area contributed by atoms with Crippen molar-refractivity contribution in [1.82, 2.24) is 93.7 Å². The number of sulfone groups is 1. The summed E-state index contributed by atoms with van der Waals surface area (Å²) >= 11 is 6.62. The number of anilines is 8. The topological polar surface area (TPSA) is 333 Å². The third-order valence-electron chi connectivity index (χ3n) is 23.0. The number of fused-ring (bicyclic) bond motifs is 4. The number of likely N-dealkylation sites (tertiary alicyclic amines) is 3. The summed E-state index contributed by atoms with van der Waals surface area (Å²) in [5.41, 5.74) is 14.8. The first kappa shape index (κ1) is 92.1. The van der Waals surface area contributed by atoms with Crippen molar-refractivity contribution in [2.24, 2.45) is 0 Å². The van der Waals surface area contributed by atoms with E-state index < -0.39 is 9.84 Å². The van der Waals surface area contributed by atoms with Crippen molar-refractivity contribution in [1.29, 1.82) is 0 Å². The van der Waals surface area contributed by atoms with E-state index in [2.05, 4.69) is 120 Å². The fourth-order valence-corrected chi connectivity index (χ4v) is 21.2. The molecule has 15 heterocycles. The van der Waals surface area contributed by atoms with Crippen molar-refractivity contribution >= 4 is 143 Å². The van der Waals surface area contributed by atoms with Crippen molar-refractivity contribution in [2.75, 3.05) is 134 Å². The Kier molecular flexibility index (Phi) is 30.1. The number of aromatic nitrogens is 16. The predicted molar refractivity (Wildman–Crippen MR) is 522 cm³/mol. The van der Waals surface area contributed by atoms with Gasteiger partial charge in [-0.2, -0.15) is 20.4 Å². The Balaban J connectivity index is 0.000000128. The van der Waals surface area contributed by atoms with Crippen LogP contribution in [0, 0.1) is 33.5 Å². The number of aryl methyl sites for hydroxylation is 6. The summed E-state index contributed by atoms with van der Waals surface area (Å²) in [6.07, 6.45) is 33.8. The van der Waals surface area contributed by atoms with Crippen molar-refractivity contribution < 1.29 is 41.6 Å². The SMILES string of the molecule is COc1cc(F)ccc1-c1c(C)sc2cnc(Nc3cnn(CCCN4CCCC4)c3)nc12.COc1cc(OCCCS(C)(=O)=O)ccc1-c1c(C)sc2cnc(Nc3cnn(CCO)c3)nc12.COc1ccccc1-c1c(C)sc2cnc(Nc3cnn(C4CCN(C)CC4)c3)nc12.COc1ccccc1-c1c(C)sc2cnc(Nc3cnn(CCCN4CCCC4)c3)nc12. The molecule has 3 fully saturated rings. The number of benzene rings is 4. The van der Waals surface area contributed by atoms with Crippen molar-refractivity contribution in [3.63, 3.8) is 0 Å². The third-order valence-corrected chi connectivity index (χ3v) is 28.2. The second-order valence-corrected chi connectivity index (χ2v) is 39.7. The Morgan fingerprint density at radius 2 is 0.817 bits per heavy atom. The van der Waals surface area contributed by atoms with Gasteiger partial charge in [0.25, 0.3) is 0 Å². The lowest BCUT2D eigenvalue weighted by Crippen LogP contribution is -2.31. The first-order valence-electron chi connectivity index (χ1n) is 43.8. The minimum absolute atomic E-state index is 0.00737. The maximum Gasteiger partial charge on any atom is 0.227 e. The van der Waals surface area contributed by atoms with Crippen LogP contribution in [-0.4, -0.2) is 220 Å². The molecule has 131 heavy (non-hydrogen) atoms. The van der Waals surface area contributed by atoms with Gasteiger partial charge in [-0.1, -0.05) is 36.4 Å². The number of nitrogens with zero attached hydrogens (tertiary/aromatic N) is 19. The number of thiophene rings is 4. The maximum absolute atomic E-state index is 13.7. The number of aliphatic hydroxyl groups is 1. The van der Waals surface area contributed by atoms with E-state index in [1.807, 2.05) is 115 Å². The van der Waals surface area contributed by atoms with E-state index in [1.165, 1.54) is 80.0 Å². The first-order chi connectivity index (χ1) is 63.7. The van der Waals surface area contributed by atoms with Crippen molar-refractivity contribution in [3.05, 3.63) is 185 Å². The molecule has 3 aliphatic heterocycles. The highest BCUT2D eigenvalue weighted by Gasteiger charge is 2.26. The molecule has 0 radical (unpaired) electrons. The van der Waals surface area contributed by atoms with E-state index in [-0.39, 0.29) is 18.2 Å². The third kappa shape index (κ3) is 22.9. The van der Waals surface area contributed by atoms with E-state index in [0.717, 1.165) is 194 Å². The zero-order chi connectivity index (χ0) is 91.1. The zero-order valence-corrected chi connectivity index (χ0v) is 79.2. The van der Waals surface area contributed by atoms with Crippen molar-refractivity contribution in [2.45, 2.75) is 111 Å². The van der Waals surface area contributed by atoms with Crippen LogP contribution in [0.2, 0.25) is 0 Å². The molecule has 0 saturated carbocycles. The molecule has 0 aliphatic carbocycles. The summed E-state index contributed by atoms with van der Waals surface area (Å²) in [4.78, 5) is 49.2. The smallest absolute Gasteiger partial charge is 0.227 e. The molecule has 12 aromatic heterocycles. The van der Waals surface area contributed by atoms with Gasteiger partial charge in [-0.3, -0.25) is 18.7 Å². The van der Waals surface area contributed by atoms with Crippen LogP contribution in [0.1, 0.15) is 83.3 Å². The second kappa shape index (κ2) is 42.8. The fourth-order valence-electron chi connectivity index (χ4n) is 16.6. The summed E-state index contributed by atoms with van der Waals surface area (Å²) in [5.74, 6) is 5.25. The quantitative estimate of drug-likeness (QED) is 0.0245. The number of piperidine rings is 1. The molecule has 5 N–H and O–H groups in total. The molecule has 0 unspecified atom stereocenters. The van der Waals surface area contributed by atoms with Gasteiger partial charge in [0.1, 0.15) is 44.4 Å². The maximum atomic E-state index is 13.7. The highest BCUT2D eigenvalue weighted by molar-refractivity contribution is 7.90. The normalized spacial score (nSPS) is 13.9. The van der Waals surface area contributed by atoms with E-state index in [9.17, 15) is 12.8 Å². The summed E-state index contributed by atoms with van der Waals surface area (Å²) in [7, 11) is 5.71. The van der Waals surface area contributed by atoms with E-state index in [4.69, 9.17) is 48.7 Å². The van der Waals surface area contributed by atoms with Gasteiger partial charge in [0.15, 0.2) is 0 Å². The molecule has 31 nitrogen and oxygen atoms in total.